The second-order valence-electron chi connectivity index (χ2n) is 5.98. The minimum absolute atomic E-state index is 0.0905. The van der Waals surface area contributed by atoms with Crippen LogP contribution in [0, 0.1) is 0 Å². The number of hydrogen-bond acceptors (Lipinski definition) is 4. The number of amides is 2. The topological polar surface area (TPSA) is 84.5 Å². The lowest BCUT2D eigenvalue weighted by Gasteiger charge is -2.22. The van der Waals surface area contributed by atoms with Crippen LogP contribution in [0.1, 0.15) is 55.8 Å². The highest BCUT2D eigenvalue weighted by molar-refractivity contribution is 6.39. The minimum atomic E-state index is -0.693. The molecule has 2 rings (SSSR count). The highest BCUT2D eigenvalue weighted by Crippen LogP contribution is 2.17. The van der Waals surface area contributed by atoms with Gasteiger partial charge in [-0.1, -0.05) is 26.2 Å². The Labute approximate surface area is 142 Å². The molecule has 0 aromatic heterocycles. The van der Waals surface area contributed by atoms with Crippen LogP contribution < -0.4 is 10.6 Å². The van der Waals surface area contributed by atoms with Crippen LogP contribution in [0.15, 0.2) is 24.3 Å². The molecule has 1 aliphatic carbocycles. The van der Waals surface area contributed by atoms with E-state index in [1.807, 2.05) is 6.92 Å². The van der Waals surface area contributed by atoms with Crippen molar-refractivity contribution in [1.82, 2.24) is 5.32 Å². The molecule has 0 atom stereocenters. The summed E-state index contributed by atoms with van der Waals surface area (Å²) >= 11 is 0. The van der Waals surface area contributed by atoms with Gasteiger partial charge in [-0.05, 0) is 43.5 Å². The van der Waals surface area contributed by atoms with E-state index in [1.54, 1.807) is 24.3 Å². The van der Waals surface area contributed by atoms with Crippen molar-refractivity contribution in [2.75, 3.05) is 11.9 Å². The summed E-state index contributed by atoms with van der Waals surface area (Å²) in [4.78, 5) is 35.5. The van der Waals surface area contributed by atoms with Gasteiger partial charge in [0.25, 0.3) is 0 Å². The molecule has 0 bridgehead atoms. The molecule has 2 N–H and O–H groups in total. The molecule has 2 amide bonds. The van der Waals surface area contributed by atoms with Gasteiger partial charge < -0.3 is 15.4 Å². The van der Waals surface area contributed by atoms with Crippen molar-refractivity contribution in [3.05, 3.63) is 29.8 Å². The summed E-state index contributed by atoms with van der Waals surface area (Å²) < 4.78 is 5.03. The summed E-state index contributed by atoms with van der Waals surface area (Å²) in [6.07, 6.45) is 5.97. The Bertz CT molecular complexity index is 577. The first-order valence-electron chi connectivity index (χ1n) is 8.49. The fourth-order valence-electron chi connectivity index (χ4n) is 2.65. The highest BCUT2D eigenvalue weighted by Gasteiger charge is 2.20. The van der Waals surface area contributed by atoms with Crippen LogP contribution in [-0.4, -0.2) is 30.4 Å². The summed E-state index contributed by atoms with van der Waals surface area (Å²) in [5, 5.41) is 5.30. The number of esters is 1. The van der Waals surface area contributed by atoms with E-state index in [2.05, 4.69) is 10.6 Å². The zero-order chi connectivity index (χ0) is 17.4. The molecule has 0 saturated heterocycles. The Balaban J connectivity index is 1.84. The van der Waals surface area contributed by atoms with Gasteiger partial charge in [0.15, 0.2) is 0 Å². The molecule has 0 heterocycles. The van der Waals surface area contributed by atoms with Crippen molar-refractivity contribution in [3.63, 3.8) is 0 Å². The van der Waals surface area contributed by atoms with E-state index in [0.717, 1.165) is 32.1 Å². The molecule has 0 radical (unpaired) electrons. The van der Waals surface area contributed by atoms with Crippen LogP contribution in [-0.2, 0) is 14.3 Å². The standard InChI is InChI=1S/C18H24N2O4/c1-2-12-24-18(23)13-8-10-15(11-9-13)20-17(22)16(21)19-14-6-4-3-5-7-14/h8-11,14H,2-7,12H2,1H3,(H,19,21)(H,20,22). The molecule has 1 fully saturated rings. The zero-order valence-electron chi connectivity index (χ0n) is 14.0. The van der Waals surface area contributed by atoms with Crippen molar-refractivity contribution >= 4 is 23.5 Å². The van der Waals surface area contributed by atoms with Gasteiger partial charge in [0.1, 0.15) is 0 Å². The average Bonchev–Trinajstić information content (AvgIpc) is 2.61. The molecule has 1 aromatic carbocycles. The number of nitrogens with one attached hydrogen (secondary N) is 2. The Hall–Kier alpha value is -2.37. The Morgan fingerprint density at radius 2 is 1.71 bits per heavy atom. The van der Waals surface area contributed by atoms with Gasteiger partial charge in [-0.3, -0.25) is 9.59 Å². The fraction of sp³-hybridized carbons (Fsp3) is 0.500. The molecule has 1 aliphatic rings. The van der Waals surface area contributed by atoms with Gasteiger partial charge in [0, 0.05) is 11.7 Å². The third kappa shape index (κ3) is 5.37. The molecule has 1 saturated carbocycles. The molecule has 130 valence electrons. The highest BCUT2D eigenvalue weighted by atomic mass is 16.5. The summed E-state index contributed by atoms with van der Waals surface area (Å²) in [5.74, 6) is -1.71. The van der Waals surface area contributed by atoms with Gasteiger partial charge in [-0.25, -0.2) is 4.79 Å². The maximum atomic E-state index is 11.9. The van der Waals surface area contributed by atoms with Crippen LogP contribution in [0.25, 0.3) is 0 Å². The number of ether oxygens (including phenoxy) is 1. The number of anilines is 1. The van der Waals surface area contributed by atoms with Gasteiger partial charge in [-0.15, -0.1) is 0 Å². The predicted octanol–water partition coefficient (Wildman–Crippen LogP) is 2.64. The lowest BCUT2D eigenvalue weighted by atomic mass is 9.95. The Kier molecular flexibility index (Phi) is 6.78. The van der Waals surface area contributed by atoms with Crippen LogP contribution in [0.5, 0.6) is 0 Å². The molecule has 6 heteroatoms. The van der Waals surface area contributed by atoms with Gasteiger partial charge in [0.2, 0.25) is 0 Å². The van der Waals surface area contributed by atoms with Gasteiger partial charge in [-0.2, -0.15) is 0 Å². The first-order valence-corrected chi connectivity index (χ1v) is 8.49. The van der Waals surface area contributed by atoms with E-state index in [1.165, 1.54) is 6.42 Å². The molecule has 24 heavy (non-hydrogen) atoms. The van der Waals surface area contributed by atoms with Crippen molar-refractivity contribution in [1.29, 1.82) is 0 Å². The molecular formula is C18H24N2O4. The SMILES string of the molecule is CCCOC(=O)c1ccc(NC(=O)C(=O)NC2CCCCC2)cc1. The molecule has 6 nitrogen and oxygen atoms in total. The first-order chi connectivity index (χ1) is 11.6. The lowest BCUT2D eigenvalue weighted by molar-refractivity contribution is -0.136. The summed E-state index contributed by atoms with van der Waals surface area (Å²) in [5.41, 5.74) is 0.874. The number of carbonyl (C=O) groups is 3. The van der Waals surface area contributed by atoms with Gasteiger partial charge in [0.05, 0.1) is 12.2 Å². The monoisotopic (exact) mass is 332 g/mol. The summed E-state index contributed by atoms with van der Waals surface area (Å²) in [6.45, 7) is 2.29. The predicted molar refractivity (Wildman–Crippen MR) is 90.7 cm³/mol. The fourth-order valence-corrected chi connectivity index (χ4v) is 2.65. The average molecular weight is 332 g/mol. The van der Waals surface area contributed by atoms with Crippen LogP contribution in [0.3, 0.4) is 0 Å². The van der Waals surface area contributed by atoms with E-state index in [9.17, 15) is 14.4 Å². The maximum Gasteiger partial charge on any atom is 0.338 e. The van der Waals surface area contributed by atoms with Crippen LogP contribution in [0.2, 0.25) is 0 Å². The second-order valence-corrected chi connectivity index (χ2v) is 5.98. The molecule has 0 aliphatic heterocycles. The van der Waals surface area contributed by atoms with E-state index in [4.69, 9.17) is 4.74 Å². The van der Waals surface area contributed by atoms with E-state index >= 15 is 0 Å². The first kappa shape index (κ1) is 18.0. The molecule has 0 spiro atoms. The van der Waals surface area contributed by atoms with Crippen molar-refractivity contribution < 1.29 is 19.1 Å². The van der Waals surface area contributed by atoms with E-state index in [0.29, 0.717) is 17.9 Å². The number of rotatable bonds is 5. The Morgan fingerprint density at radius 3 is 2.33 bits per heavy atom. The molecule has 0 unspecified atom stereocenters. The summed E-state index contributed by atoms with van der Waals surface area (Å²) in [6, 6.07) is 6.37. The van der Waals surface area contributed by atoms with Crippen molar-refractivity contribution in [2.24, 2.45) is 0 Å². The third-order valence-electron chi connectivity index (χ3n) is 3.96. The largest absolute Gasteiger partial charge is 0.462 e. The molecule has 1 aromatic rings. The van der Waals surface area contributed by atoms with Crippen LogP contribution >= 0.6 is 0 Å². The summed E-state index contributed by atoms with van der Waals surface area (Å²) in [7, 11) is 0. The van der Waals surface area contributed by atoms with E-state index in [-0.39, 0.29) is 6.04 Å². The quantitative estimate of drug-likeness (QED) is 0.641. The van der Waals surface area contributed by atoms with Gasteiger partial charge >= 0.3 is 17.8 Å². The maximum absolute atomic E-state index is 11.9. The number of hydrogen-bond donors (Lipinski definition) is 2. The zero-order valence-corrected chi connectivity index (χ0v) is 14.0. The number of benzene rings is 1. The Morgan fingerprint density at radius 1 is 1.04 bits per heavy atom. The van der Waals surface area contributed by atoms with Crippen molar-refractivity contribution in [2.45, 2.75) is 51.5 Å². The number of carbonyl (C=O) groups excluding carboxylic acids is 3. The normalized spacial score (nSPS) is 14.7. The third-order valence-corrected chi connectivity index (χ3v) is 3.96. The smallest absolute Gasteiger partial charge is 0.338 e. The lowest BCUT2D eigenvalue weighted by Crippen LogP contribution is -2.42. The minimum Gasteiger partial charge on any atom is -0.462 e. The van der Waals surface area contributed by atoms with Crippen LogP contribution in [0.4, 0.5) is 5.69 Å². The molecular weight excluding hydrogens is 308 g/mol. The van der Waals surface area contributed by atoms with Crippen molar-refractivity contribution in [3.8, 4) is 0 Å². The second kappa shape index (κ2) is 9.05. The van der Waals surface area contributed by atoms with E-state index < -0.39 is 17.8 Å².